The van der Waals surface area contributed by atoms with Crippen LogP contribution in [0.5, 0.6) is 0 Å². The second kappa shape index (κ2) is 8.77. The topological polar surface area (TPSA) is 78.4 Å². The first-order valence-electron chi connectivity index (χ1n) is 10.6. The number of anilines is 2. The van der Waals surface area contributed by atoms with Crippen LogP contribution < -0.4 is 5.32 Å². The van der Waals surface area contributed by atoms with Gasteiger partial charge in [-0.05, 0) is 42.6 Å². The van der Waals surface area contributed by atoms with Crippen molar-refractivity contribution in [3.05, 3.63) is 108 Å². The molecule has 5 aromatic rings. The van der Waals surface area contributed by atoms with Crippen molar-refractivity contribution in [2.75, 3.05) is 5.32 Å². The first kappa shape index (κ1) is 20.2. The number of nitrogens with one attached hydrogen (secondary N) is 1. The van der Waals surface area contributed by atoms with Gasteiger partial charge in [-0.3, -0.25) is 0 Å². The van der Waals surface area contributed by atoms with Crippen molar-refractivity contribution < 1.29 is 0 Å². The van der Waals surface area contributed by atoms with Gasteiger partial charge in [-0.25, -0.2) is 4.68 Å². The summed E-state index contributed by atoms with van der Waals surface area (Å²) in [5.41, 5.74) is 4.30. The predicted molar refractivity (Wildman–Crippen MR) is 131 cm³/mol. The molecule has 0 fully saturated rings. The van der Waals surface area contributed by atoms with Gasteiger partial charge in [0.15, 0.2) is 5.82 Å². The maximum absolute atomic E-state index is 9.76. The number of benzene rings is 4. The van der Waals surface area contributed by atoms with Gasteiger partial charge >= 0.3 is 0 Å². The fourth-order valence-electron chi connectivity index (χ4n) is 3.73. The molecular formula is C27H20N6. The predicted octanol–water partition coefficient (Wildman–Crippen LogP) is 7.36. The van der Waals surface area contributed by atoms with Gasteiger partial charge in [-0.15, -0.1) is 10.2 Å². The van der Waals surface area contributed by atoms with Crippen LogP contribution >= 0.6 is 0 Å². The van der Waals surface area contributed by atoms with Gasteiger partial charge in [0.05, 0.1) is 17.1 Å². The van der Waals surface area contributed by atoms with E-state index in [1.165, 1.54) is 0 Å². The largest absolute Gasteiger partial charge is 0.354 e. The third-order valence-electron chi connectivity index (χ3n) is 5.35. The molecule has 0 aliphatic carbocycles. The maximum atomic E-state index is 9.76. The van der Waals surface area contributed by atoms with Crippen molar-refractivity contribution in [1.29, 1.82) is 5.26 Å². The molecule has 0 spiro atoms. The Balaban J connectivity index is 1.66. The molecule has 0 saturated carbocycles. The van der Waals surface area contributed by atoms with Crippen LogP contribution in [0.3, 0.4) is 0 Å². The second-order valence-corrected chi connectivity index (χ2v) is 7.52. The minimum atomic E-state index is 0.403. The molecule has 0 bridgehead atoms. The van der Waals surface area contributed by atoms with Gasteiger partial charge in [0.1, 0.15) is 17.3 Å². The third kappa shape index (κ3) is 3.95. The minimum Gasteiger partial charge on any atom is -0.354 e. The number of hydrogen-bond acceptors (Lipinski definition) is 5. The molecule has 0 aliphatic rings. The Morgan fingerprint density at radius 1 is 0.818 bits per heavy atom. The normalized spacial score (nSPS) is 11.0. The van der Waals surface area contributed by atoms with Crippen molar-refractivity contribution in [1.82, 2.24) is 9.78 Å². The molecule has 0 unspecified atom stereocenters. The van der Waals surface area contributed by atoms with Crippen LogP contribution in [0.15, 0.2) is 107 Å². The number of para-hydroxylation sites is 2. The Hall–Kier alpha value is -4.76. The molecule has 5 rings (SSSR count). The standard InChI is InChI=1S/C27H20N6/c1-19-24(18-28)27(33(32-19)22-13-6-3-7-14-22)31-30-26-23-15-9-8-10-20(23)16-17-25(26)29-21-11-4-2-5-12-21/h2-17,29H,1H3. The van der Waals surface area contributed by atoms with Crippen molar-refractivity contribution in [3.63, 3.8) is 0 Å². The van der Waals surface area contributed by atoms with Gasteiger partial charge < -0.3 is 5.32 Å². The monoisotopic (exact) mass is 428 g/mol. The molecule has 1 heterocycles. The lowest BCUT2D eigenvalue weighted by Crippen LogP contribution is -1.95. The first-order chi connectivity index (χ1) is 16.2. The maximum Gasteiger partial charge on any atom is 0.196 e. The van der Waals surface area contributed by atoms with E-state index in [0.717, 1.165) is 27.8 Å². The van der Waals surface area contributed by atoms with Gasteiger partial charge in [0, 0.05) is 11.1 Å². The smallest absolute Gasteiger partial charge is 0.196 e. The number of nitriles is 1. The van der Waals surface area contributed by atoms with E-state index in [9.17, 15) is 5.26 Å². The lowest BCUT2D eigenvalue weighted by Gasteiger charge is -2.11. The lowest BCUT2D eigenvalue weighted by atomic mass is 10.1. The average molecular weight is 428 g/mol. The Labute approximate surface area is 191 Å². The van der Waals surface area contributed by atoms with Crippen molar-refractivity contribution >= 4 is 33.7 Å². The van der Waals surface area contributed by atoms with E-state index < -0.39 is 0 Å². The molecule has 1 N–H and O–H groups in total. The second-order valence-electron chi connectivity index (χ2n) is 7.52. The Morgan fingerprint density at radius 2 is 1.52 bits per heavy atom. The highest BCUT2D eigenvalue weighted by molar-refractivity contribution is 5.99. The van der Waals surface area contributed by atoms with Crippen LogP contribution in [0.4, 0.5) is 22.9 Å². The third-order valence-corrected chi connectivity index (χ3v) is 5.35. The zero-order valence-corrected chi connectivity index (χ0v) is 18.0. The lowest BCUT2D eigenvalue weighted by molar-refractivity contribution is 0.855. The van der Waals surface area contributed by atoms with E-state index in [0.29, 0.717) is 22.8 Å². The highest BCUT2D eigenvalue weighted by Gasteiger charge is 2.17. The summed E-state index contributed by atoms with van der Waals surface area (Å²) in [6.45, 7) is 1.80. The van der Waals surface area contributed by atoms with E-state index in [1.54, 1.807) is 11.6 Å². The highest BCUT2D eigenvalue weighted by Crippen LogP contribution is 2.37. The summed E-state index contributed by atoms with van der Waals surface area (Å²) in [6, 6.07) is 33.9. The molecule has 0 saturated heterocycles. The number of rotatable bonds is 5. The van der Waals surface area contributed by atoms with Gasteiger partial charge in [-0.1, -0.05) is 66.7 Å². The fraction of sp³-hybridized carbons (Fsp3) is 0.0370. The first-order valence-corrected chi connectivity index (χ1v) is 10.6. The van der Waals surface area contributed by atoms with E-state index in [4.69, 9.17) is 0 Å². The number of aromatic nitrogens is 2. The van der Waals surface area contributed by atoms with Crippen LogP contribution in [0, 0.1) is 18.3 Å². The summed E-state index contributed by atoms with van der Waals surface area (Å²) >= 11 is 0. The molecule has 6 nitrogen and oxygen atoms in total. The number of fused-ring (bicyclic) bond motifs is 1. The number of azo groups is 1. The fourth-order valence-corrected chi connectivity index (χ4v) is 3.73. The Bertz CT molecular complexity index is 1490. The molecule has 158 valence electrons. The van der Waals surface area contributed by atoms with Gasteiger partial charge in [0.25, 0.3) is 0 Å². The molecule has 4 aromatic carbocycles. The summed E-state index contributed by atoms with van der Waals surface area (Å²) < 4.78 is 1.66. The molecule has 0 radical (unpaired) electrons. The van der Waals surface area contributed by atoms with E-state index in [1.807, 2.05) is 91.0 Å². The molecule has 6 heteroatoms. The summed E-state index contributed by atoms with van der Waals surface area (Å²) in [5, 5.41) is 29.0. The molecule has 33 heavy (non-hydrogen) atoms. The van der Waals surface area contributed by atoms with E-state index in [2.05, 4.69) is 32.8 Å². The molecule has 0 amide bonds. The summed E-state index contributed by atoms with van der Waals surface area (Å²) in [6.07, 6.45) is 0. The summed E-state index contributed by atoms with van der Waals surface area (Å²) in [4.78, 5) is 0. The summed E-state index contributed by atoms with van der Waals surface area (Å²) in [7, 11) is 0. The number of hydrogen-bond donors (Lipinski definition) is 1. The van der Waals surface area contributed by atoms with Crippen LogP contribution in [-0.2, 0) is 0 Å². The van der Waals surface area contributed by atoms with Crippen LogP contribution in [0.25, 0.3) is 16.5 Å². The minimum absolute atomic E-state index is 0.403. The Morgan fingerprint density at radius 3 is 2.27 bits per heavy atom. The van der Waals surface area contributed by atoms with E-state index in [-0.39, 0.29) is 0 Å². The average Bonchev–Trinajstić information content (AvgIpc) is 3.19. The molecular weight excluding hydrogens is 408 g/mol. The van der Waals surface area contributed by atoms with Crippen molar-refractivity contribution in [2.24, 2.45) is 10.2 Å². The number of nitrogens with zero attached hydrogens (tertiary/aromatic N) is 5. The van der Waals surface area contributed by atoms with Gasteiger partial charge in [0.2, 0.25) is 0 Å². The van der Waals surface area contributed by atoms with Gasteiger partial charge in [-0.2, -0.15) is 10.4 Å². The van der Waals surface area contributed by atoms with Crippen LogP contribution in [0.1, 0.15) is 11.3 Å². The van der Waals surface area contributed by atoms with Crippen molar-refractivity contribution in [2.45, 2.75) is 6.92 Å². The van der Waals surface area contributed by atoms with Crippen LogP contribution in [0.2, 0.25) is 0 Å². The van der Waals surface area contributed by atoms with Crippen molar-refractivity contribution in [3.8, 4) is 11.8 Å². The highest BCUT2D eigenvalue weighted by atomic mass is 15.4. The summed E-state index contributed by atoms with van der Waals surface area (Å²) in [5.74, 6) is 0.403. The zero-order valence-electron chi connectivity index (χ0n) is 18.0. The molecule has 0 aliphatic heterocycles. The molecule has 1 aromatic heterocycles. The Kier molecular flexibility index (Phi) is 5.36. The number of aryl methyl sites for hydroxylation is 1. The van der Waals surface area contributed by atoms with Crippen LogP contribution in [-0.4, -0.2) is 9.78 Å². The molecule has 0 atom stereocenters. The quantitative estimate of drug-likeness (QED) is 0.297. The zero-order chi connectivity index (χ0) is 22.6. The van der Waals surface area contributed by atoms with E-state index >= 15 is 0 Å². The SMILES string of the molecule is Cc1nn(-c2ccccc2)c(N=Nc2c(Nc3ccccc3)ccc3ccccc23)c1C#N.